The van der Waals surface area contributed by atoms with Crippen LogP contribution in [-0.4, -0.2) is 57.8 Å². The summed E-state index contributed by atoms with van der Waals surface area (Å²) >= 11 is 0. The largest absolute Gasteiger partial charge is 0.410 e. The molecule has 1 fully saturated rings. The van der Waals surface area contributed by atoms with Crippen LogP contribution in [0.1, 0.15) is 40.0 Å². The first-order valence-corrected chi connectivity index (χ1v) is 11.5. The lowest BCUT2D eigenvalue weighted by atomic mass is 9.96. The van der Waals surface area contributed by atoms with E-state index in [4.69, 9.17) is 0 Å². The molecule has 1 saturated heterocycles. The molecule has 1 amide bonds. The first kappa shape index (κ1) is 23.3. The van der Waals surface area contributed by atoms with Crippen LogP contribution < -0.4 is 5.32 Å². The smallest absolute Gasteiger partial charge is 0.363 e. The van der Waals surface area contributed by atoms with Gasteiger partial charge in [0.1, 0.15) is 17.2 Å². The molecule has 1 N–H and O–H groups in total. The zero-order valence-corrected chi connectivity index (χ0v) is 18.9. The number of carbonyl (C=O) groups is 1. The lowest BCUT2D eigenvalue weighted by molar-refractivity contribution is -0.173. The first-order chi connectivity index (χ1) is 16.8. The van der Waals surface area contributed by atoms with Crippen LogP contribution in [0.15, 0.2) is 60.8 Å². The van der Waals surface area contributed by atoms with Gasteiger partial charge in [0.05, 0.1) is 12.2 Å². The van der Waals surface area contributed by atoms with Crippen molar-refractivity contribution in [1.82, 2.24) is 19.6 Å². The van der Waals surface area contributed by atoms with Crippen molar-refractivity contribution in [3.63, 3.8) is 0 Å². The van der Waals surface area contributed by atoms with Gasteiger partial charge in [0, 0.05) is 39.1 Å². The maximum atomic E-state index is 13.9. The Morgan fingerprint density at radius 1 is 1.00 bits per heavy atom. The standard InChI is InChI=1S/C25H25F4N5O/c26-19-8-6-18(7-9-19)21-14-22(25(27,28)29)34-23(31-21)20(15-30-34)24(35)33-12-10-32(11-13-33)16-17-4-2-1-3-5-17/h1-9,15,21-22,31H,10-14,16H2/t21-,22+/m1/s1. The summed E-state index contributed by atoms with van der Waals surface area (Å²) in [5.74, 6) is -0.771. The fraction of sp³-hybridized carbons (Fsp3) is 0.360. The van der Waals surface area contributed by atoms with Crippen LogP contribution in [0.3, 0.4) is 0 Å². The molecule has 184 valence electrons. The lowest BCUT2D eigenvalue weighted by Crippen LogP contribution is -2.48. The Morgan fingerprint density at radius 3 is 2.34 bits per heavy atom. The number of rotatable bonds is 4. The third kappa shape index (κ3) is 4.88. The number of piperazine rings is 1. The van der Waals surface area contributed by atoms with E-state index in [2.05, 4.69) is 27.4 Å². The molecule has 1 aromatic heterocycles. The molecule has 2 aliphatic rings. The second kappa shape index (κ2) is 9.33. The number of halogens is 4. The Kier molecular flexibility index (Phi) is 6.22. The summed E-state index contributed by atoms with van der Waals surface area (Å²) < 4.78 is 56.0. The molecule has 0 aliphatic carbocycles. The van der Waals surface area contributed by atoms with Crippen LogP contribution in [0.4, 0.5) is 23.4 Å². The van der Waals surface area contributed by atoms with E-state index in [1.807, 2.05) is 18.2 Å². The molecule has 2 aromatic carbocycles. The second-order valence-corrected chi connectivity index (χ2v) is 8.95. The summed E-state index contributed by atoms with van der Waals surface area (Å²) in [5.41, 5.74) is 1.82. The van der Waals surface area contributed by atoms with Gasteiger partial charge in [-0.3, -0.25) is 9.69 Å². The molecule has 5 rings (SSSR count). The molecule has 0 unspecified atom stereocenters. The van der Waals surface area contributed by atoms with E-state index in [-0.39, 0.29) is 23.7 Å². The number of nitrogens with one attached hydrogen (secondary N) is 1. The third-order valence-electron chi connectivity index (χ3n) is 6.65. The van der Waals surface area contributed by atoms with Crippen molar-refractivity contribution in [3.05, 3.63) is 83.3 Å². The van der Waals surface area contributed by atoms with Crippen molar-refractivity contribution in [3.8, 4) is 0 Å². The number of amides is 1. The molecule has 3 heterocycles. The highest BCUT2D eigenvalue weighted by Gasteiger charge is 2.47. The zero-order valence-electron chi connectivity index (χ0n) is 18.9. The molecule has 10 heteroatoms. The van der Waals surface area contributed by atoms with Gasteiger partial charge in [-0.25, -0.2) is 9.07 Å². The average molecular weight is 488 g/mol. The quantitative estimate of drug-likeness (QED) is 0.545. The highest BCUT2D eigenvalue weighted by molar-refractivity contribution is 5.99. The minimum atomic E-state index is -4.55. The minimum absolute atomic E-state index is 0.0459. The van der Waals surface area contributed by atoms with Gasteiger partial charge in [0.25, 0.3) is 5.91 Å². The second-order valence-electron chi connectivity index (χ2n) is 8.95. The van der Waals surface area contributed by atoms with Gasteiger partial charge in [-0.15, -0.1) is 0 Å². The Balaban J connectivity index is 1.34. The number of aromatic nitrogens is 2. The van der Waals surface area contributed by atoms with Crippen LogP contribution in [-0.2, 0) is 6.54 Å². The zero-order chi connectivity index (χ0) is 24.6. The summed E-state index contributed by atoms with van der Waals surface area (Å²) in [6.07, 6.45) is -3.65. The molecular weight excluding hydrogens is 462 g/mol. The summed E-state index contributed by atoms with van der Waals surface area (Å²) in [6.45, 7) is 3.06. The van der Waals surface area contributed by atoms with Crippen LogP contribution >= 0.6 is 0 Å². The van der Waals surface area contributed by atoms with Gasteiger partial charge in [0.2, 0.25) is 0 Å². The molecule has 3 aromatic rings. The molecule has 0 saturated carbocycles. The number of benzene rings is 2. The first-order valence-electron chi connectivity index (χ1n) is 11.5. The monoisotopic (exact) mass is 487 g/mol. The molecule has 35 heavy (non-hydrogen) atoms. The van der Waals surface area contributed by atoms with E-state index in [9.17, 15) is 22.4 Å². The van der Waals surface area contributed by atoms with Crippen molar-refractivity contribution in [2.24, 2.45) is 0 Å². The predicted octanol–water partition coefficient (Wildman–Crippen LogP) is 4.64. The van der Waals surface area contributed by atoms with Gasteiger partial charge < -0.3 is 10.2 Å². The van der Waals surface area contributed by atoms with Gasteiger partial charge in [-0.1, -0.05) is 42.5 Å². The highest BCUT2D eigenvalue weighted by atomic mass is 19.4. The van der Waals surface area contributed by atoms with Gasteiger partial charge in [0.15, 0.2) is 6.04 Å². The molecular formula is C25H25F4N5O. The summed E-state index contributed by atoms with van der Waals surface area (Å²) in [5, 5.41) is 7.01. The Labute approximate surface area is 200 Å². The fourth-order valence-electron chi connectivity index (χ4n) is 4.75. The molecule has 2 atom stereocenters. The number of alkyl halides is 3. The molecule has 6 nitrogen and oxygen atoms in total. The van der Waals surface area contributed by atoms with Crippen molar-refractivity contribution in [2.75, 3.05) is 31.5 Å². The lowest BCUT2D eigenvalue weighted by Gasteiger charge is -2.36. The number of nitrogens with zero attached hydrogens (tertiary/aromatic N) is 4. The number of fused-ring (bicyclic) bond motifs is 1. The molecule has 2 aliphatic heterocycles. The Bertz CT molecular complexity index is 1170. The average Bonchev–Trinajstić information content (AvgIpc) is 3.28. The fourth-order valence-corrected chi connectivity index (χ4v) is 4.75. The van der Waals surface area contributed by atoms with Crippen molar-refractivity contribution in [2.45, 2.75) is 31.2 Å². The SMILES string of the molecule is O=C(c1cnn2c1N[C@@H](c1ccc(F)cc1)C[C@H]2C(F)(F)F)N1CCN(Cc2ccccc2)CC1. The van der Waals surface area contributed by atoms with Gasteiger partial charge in [-0.05, 0) is 23.3 Å². The summed E-state index contributed by atoms with van der Waals surface area (Å²) in [4.78, 5) is 17.2. The summed E-state index contributed by atoms with van der Waals surface area (Å²) in [6, 6.07) is 12.8. The third-order valence-corrected chi connectivity index (χ3v) is 6.65. The van der Waals surface area contributed by atoms with Crippen molar-refractivity contribution < 1.29 is 22.4 Å². The minimum Gasteiger partial charge on any atom is -0.363 e. The van der Waals surface area contributed by atoms with E-state index in [0.717, 1.165) is 11.2 Å². The van der Waals surface area contributed by atoms with Gasteiger partial charge >= 0.3 is 6.18 Å². The summed E-state index contributed by atoms with van der Waals surface area (Å²) in [7, 11) is 0. The van der Waals surface area contributed by atoms with Crippen molar-refractivity contribution >= 4 is 11.7 Å². The van der Waals surface area contributed by atoms with E-state index in [1.54, 1.807) is 4.90 Å². The maximum Gasteiger partial charge on any atom is 0.410 e. The molecule has 0 spiro atoms. The van der Waals surface area contributed by atoms with Crippen molar-refractivity contribution in [1.29, 1.82) is 0 Å². The number of anilines is 1. The topological polar surface area (TPSA) is 53.4 Å². The number of hydrogen-bond donors (Lipinski definition) is 1. The van der Waals surface area contributed by atoms with E-state index < -0.39 is 24.1 Å². The van der Waals surface area contributed by atoms with Crippen LogP contribution in [0.25, 0.3) is 0 Å². The van der Waals surface area contributed by atoms with E-state index in [1.165, 1.54) is 36.0 Å². The predicted molar refractivity (Wildman–Crippen MR) is 122 cm³/mol. The molecule has 0 radical (unpaired) electrons. The highest BCUT2D eigenvalue weighted by Crippen LogP contribution is 2.44. The van der Waals surface area contributed by atoms with Crippen LogP contribution in [0.2, 0.25) is 0 Å². The normalized spacial score (nSPS) is 20.9. The van der Waals surface area contributed by atoms with Gasteiger partial charge in [-0.2, -0.15) is 18.3 Å². The Morgan fingerprint density at radius 2 is 1.69 bits per heavy atom. The van der Waals surface area contributed by atoms with Crippen LogP contribution in [0, 0.1) is 5.82 Å². The maximum absolute atomic E-state index is 13.9. The number of hydrogen-bond acceptors (Lipinski definition) is 4. The molecule has 0 bridgehead atoms. The van der Waals surface area contributed by atoms with E-state index >= 15 is 0 Å². The van der Waals surface area contributed by atoms with Crippen LogP contribution in [0.5, 0.6) is 0 Å². The number of carbonyl (C=O) groups excluding carboxylic acids is 1. The van der Waals surface area contributed by atoms with E-state index in [0.29, 0.717) is 31.7 Å². The Hall–Kier alpha value is -3.40.